The van der Waals surface area contributed by atoms with E-state index in [1.54, 1.807) is 11.0 Å². The van der Waals surface area contributed by atoms with Crippen molar-refractivity contribution in [1.29, 1.82) is 0 Å². The summed E-state index contributed by atoms with van der Waals surface area (Å²) in [6, 6.07) is 3.84. The number of nitrogens with zero attached hydrogens (tertiary/aromatic N) is 2. The van der Waals surface area contributed by atoms with E-state index in [2.05, 4.69) is 5.32 Å². The van der Waals surface area contributed by atoms with Gasteiger partial charge < -0.3 is 21.1 Å². The number of aliphatic hydroxyl groups excluding tert-OH is 1. The minimum atomic E-state index is -0.883. The van der Waals surface area contributed by atoms with Gasteiger partial charge in [-0.3, -0.25) is 14.5 Å². The first-order valence-electron chi connectivity index (χ1n) is 12.3. The molecule has 1 aliphatic heterocycles. The van der Waals surface area contributed by atoms with Crippen LogP contribution in [0.5, 0.6) is 0 Å². The molecule has 8 heteroatoms. The van der Waals surface area contributed by atoms with Gasteiger partial charge in [0.25, 0.3) is 0 Å². The van der Waals surface area contributed by atoms with Gasteiger partial charge in [-0.25, -0.2) is 4.39 Å². The predicted octanol–water partition coefficient (Wildman–Crippen LogP) is 2.68. The van der Waals surface area contributed by atoms with Crippen molar-refractivity contribution in [3.63, 3.8) is 0 Å². The van der Waals surface area contributed by atoms with E-state index in [9.17, 15) is 19.1 Å². The number of amides is 2. The molecule has 0 radical (unpaired) electrons. The van der Waals surface area contributed by atoms with Crippen molar-refractivity contribution in [2.24, 2.45) is 23.5 Å². The van der Waals surface area contributed by atoms with Crippen LogP contribution < -0.4 is 16.0 Å². The van der Waals surface area contributed by atoms with Gasteiger partial charge in [0.15, 0.2) is 0 Å². The number of rotatable bonds is 10. The summed E-state index contributed by atoms with van der Waals surface area (Å²) in [7, 11) is 0. The van der Waals surface area contributed by atoms with Crippen LogP contribution in [-0.4, -0.2) is 65.7 Å². The average Bonchev–Trinajstić information content (AvgIpc) is 2.74. The van der Waals surface area contributed by atoms with Crippen LogP contribution in [0.3, 0.4) is 0 Å². The lowest BCUT2D eigenvalue weighted by atomic mass is 9.86. The molecule has 0 aliphatic carbocycles. The van der Waals surface area contributed by atoms with Crippen molar-refractivity contribution in [3.05, 3.63) is 29.6 Å². The van der Waals surface area contributed by atoms with E-state index in [0.717, 1.165) is 5.56 Å². The van der Waals surface area contributed by atoms with Gasteiger partial charge >= 0.3 is 0 Å². The molecule has 0 unspecified atom stereocenters. The number of benzene rings is 1. The normalized spacial score (nSPS) is 19.4. The molecule has 192 valence electrons. The van der Waals surface area contributed by atoms with Crippen LogP contribution in [0.1, 0.15) is 53.5 Å². The Balaban J connectivity index is 2.06. The van der Waals surface area contributed by atoms with Crippen LogP contribution in [0.15, 0.2) is 18.2 Å². The van der Waals surface area contributed by atoms with E-state index in [1.807, 2.05) is 53.4 Å². The molecule has 1 fully saturated rings. The smallest absolute Gasteiger partial charge is 0.241 e. The third-order valence-corrected chi connectivity index (χ3v) is 6.74. The van der Waals surface area contributed by atoms with Gasteiger partial charge in [-0.15, -0.1) is 0 Å². The molecule has 0 spiro atoms. The standard InChI is InChI=1S/C26H43FN4O3/c1-16(2)12-29-25(34)20(17(3)4)11-23(32)21(28)13-30-14-24(33)31(15-26(30,6)7)22-10-19(27)9-8-18(22)5/h8-10,16-17,20-21,23,32H,11-15,28H2,1-7H3,(H,29,34)/t20-,21-,23-/m0/s1. The van der Waals surface area contributed by atoms with Crippen LogP contribution in [0.25, 0.3) is 0 Å². The topological polar surface area (TPSA) is 98.9 Å². The molecule has 1 aromatic rings. The first-order valence-corrected chi connectivity index (χ1v) is 12.3. The third kappa shape index (κ3) is 7.23. The predicted molar refractivity (Wildman–Crippen MR) is 134 cm³/mol. The monoisotopic (exact) mass is 478 g/mol. The van der Waals surface area contributed by atoms with E-state index in [-0.39, 0.29) is 42.4 Å². The molecule has 7 nitrogen and oxygen atoms in total. The molecule has 1 saturated heterocycles. The third-order valence-electron chi connectivity index (χ3n) is 6.74. The summed E-state index contributed by atoms with van der Waals surface area (Å²) in [4.78, 5) is 29.3. The van der Waals surface area contributed by atoms with Gasteiger partial charge in [0.1, 0.15) is 5.82 Å². The summed E-state index contributed by atoms with van der Waals surface area (Å²) in [6.07, 6.45) is -0.619. The Labute approximate surface area is 203 Å². The highest BCUT2D eigenvalue weighted by molar-refractivity contribution is 5.96. The fourth-order valence-electron chi connectivity index (χ4n) is 4.37. The van der Waals surface area contributed by atoms with Gasteiger partial charge in [0, 0.05) is 42.8 Å². The number of nitrogens with two attached hydrogens (primary N) is 1. The summed E-state index contributed by atoms with van der Waals surface area (Å²) in [5, 5.41) is 13.8. The molecule has 0 saturated carbocycles. The summed E-state index contributed by atoms with van der Waals surface area (Å²) in [5.74, 6) is -0.519. The zero-order valence-corrected chi connectivity index (χ0v) is 21.8. The average molecular weight is 479 g/mol. The summed E-state index contributed by atoms with van der Waals surface area (Å²) >= 11 is 0. The second-order valence-corrected chi connectivity index (χ2v) is 11.1. The van der Waals surface area contributed by atoms with Gasteiger partial charge in [-0.2, -0.15) is 0 Å². The Bertz CT molecular complexity index is 858. The molecular weight excluding hydrogens is 435 g/mol. The number of hydrogen-bond acceptors (Lipinski definition) is 5. The van der Waals surface area contributed by atoms with Crippen LogP contribution >= 0.6 is 0 Å². The second kappa shape index (κ2) is 11.6. The van der Waals surface area contributed by atoms with E-state index >= 15 is 0 Å². The molecule has 1 heterocycles. The highest BCUT2D eigenvalue weighted by Crippen LogP contribution is 2.30. The number of aryl methyl sites for hydroxylation is 1. The molecular formula is C26H43FN4O3. The first-order chi connectivity index (χ1) is 15.7. The van der Waals surface area contributed by atoms with Crippen LogP contribution in [0.2, 0.25) is 0 Å². The van der Waals surface area contributed by atoms with E-state index in [1.165, 1.54) is 12.1 Å². The quantitative estimate of drug-likeness (QED) is 0.480. The molecule has 2 rings (SSSR count). The van der Waals surface area contributed by atoms with E-state index < -0.39 is 17.7 Å². The molecule has 0 aromatic heterocycles. The molecule has 4 N–H and O–H groups in total. The van der Waals surface area contributed by atoms with Crippen LogP contribution in [-0.2, 0) is 9.59 Å². The molecule has 2 amide bonds. The van der Waals surface area contributed by atoms with Gasteiger partial charge in [-0.05, 0) is 56.7 Å². The lowest BCUT2D eigenvalue weighted by Crippen LogP contribution is -2.64. The van der Waals surface area contributed by atoms with Crippen molar-refractivity contribution in [2.75, 3.05) is 31.1 Å². The Kier molecular flexibility index (Phi) is 9.62. The molecule has 1 aliphatic rings. The number of hydrogen-bond donors (Lipinski definition) is 3. The van der Waals surface area contributed by atoms with Gasteiger partial charge in [0.2, 0.25) is 11.8 Å². The van der Waals surface area contributed by atoms with E-state index in [0.29, 0.717) is 31.2 Å². The van der Waals surface area contributed by atoms with Crippen molar-refractivity contribution in [2.45, 2.75) is 72.6 Å². The zero-order chi connectivity index (χ0) is 25.8. The van der Waals surface area contributed by atoms with Crippen molar-refractivity contribution >= 4 is 17.5 Å². The summed E-state index contributed by atoms with van der Waals surface area (Å²) in [5.41, 5.74) is 7.36. The molecule has 34 heavy (non-hydrogen) atoms. The minimum Gasteiger partial charge on any atom is -0.391 e. The first kappa shape index (κ1) is 28.2. The van der Waals surface area contributed by atoms with Gasteiger partial charge in [-0.1, -0.05) is 33.8 Å². The summed E-state index contributed by atoms with van der Waals surface area (Å²) < 4.78 is 13.8. The van der Waals surface area contributed by atoms with E-state index in [4.69, 9.17) is 5.73 Å². The van der Waals surface area contributed by atoms with Gasteiger partial charge in [0.05, 0.1) is 12.6 Å². The highest BCUT2D eigenvalue weighted by atomic mass is 19.1. The van der Waals surface area contributed by atoms with Crippen molar-refractivity contribution in [3.8, 4) is 0 Å². The van der Waals surface area contributed by atoms with Crippen LogP contribution in [0.4, 0.5) is 10.1 Å². The zero-order valence-electron chi connectivity index (χ0n) is 21.8. The lowest BCUT2D eigenvalue weighted by Gasteiger charge is -2.48. The Morgan fingerprint density at radius 1 is 1.26 bits per heavy atom. The highest BCUT2D eigenvalue weighted by Gasteiger charge is 2.40. The minimum absolute atomic E-state index is 0.0603. The Hall–Kier alpha value is -2.03. The maximum Gasteiger partial charge on any atom is 0.241 e. The Morgan fingerprint density at radius 3 is 2.50 bits per heavy atom. The molecule has 3 atom stereocenters. The van der Waals surface area contributed by atoms with Crippen molar-refractivity contribution in [1.82, 2.24) is 10.2 Å². The maximum atomic E-state index is 13.8. The fraction of sp³-hybridized carbons (Fsp3) is 0.692. The number of carbonyl (C=O) groups is 2. The number of carbonyl (C=O) groups excluding carboxylic acids is 2. The molecule has 0 bridgehead atoms. The Morgan fingerprint density at radius 2 is 1.91 bits per heavy atom. The number of aliphatic hydroxyl groups is 1. The van der Waals surface area contributed by atoms with Crippen molar-refractivity contribution < 1.29 is 19.1 Å². The van der Waals surface area contributed by atoms with Crippen LogP contribution in [0, 0.1) is 30.5 Å². The number of anilines is 1. The number of halogens is 1. The second-order valence-electron chi connectivity index (χ2n) is 11.1. The molecule has 1 aromatic carbocycles. The largest absolute Gasteiger partial charge is 0.391 e. The summed E-state index contributed by atoms with van der Waals surface area (Å²) in [6.45, 7) is 15.3. The maximum absolute atomic E-state index is 13.8. The fourth-order valence-corrected chi connectivity index (χ4v) is 4.37. The number of nitrogens with one attached hydrogen (secondary N) is 1. The lowest BCUT2D eigenvalue weighted by molar-refractivity contribution is -0.127. The number of piperazine rings is 1. The SMILES string of the molecule is Cc1ccc(F)cc1N1CC(C)(C)N(C[C@H](N)[C@@H](O)C[C@H](C(=O)NCC(C)C)C(C)C)CC1=O.